The molecule has 0 bridgehead atoms. The van der Waals surface area contributed by atoms with Crippen LogP contribution in [-0.2, 0) is 4.79 Å². The number of amides is 2. The van der Waals surface area contributed by atoms with Crippen molar-refractivity contribution in [2.75, 3.05) is 13.2 Å². The zero-order valence-electron chi connectivity index (χ0n) is 16.6. The average molecular weight is 412 g/mol. The molecule has 1 saturated heterocycles. The summed E-state index contributed by atoms with van der Waals surface area (Å²) in [7, 11) is 0. The number of hydrogen-bond acceptors (Lipinski definition) is 5. The van der Waals surface area contributed by atoms with Gasteiger partial charge in [0.15, 0.2) is 0 Å². The van der Waals surface area contributed by atoms with Crippen molar-refractivity contribution in [2.24, 2.45) is 0 Å². The van der Waals surface area contributed by atoms with Gasteiger partial charge in [-0.15, -0.1) is 0 Å². The van der Waals surface area contributed by atoms with E-state index in [2.05, 4.69) is 31.3 Å². The molecule has 152 valence electrons. The van der Waals surface area contributed by atoms with Gasteiger partial charge >= 0.3 is 0 Å². The summed E-state index contributed by atoms with van der Waals surface area (Å²) in [6, 6.07) is 15.7. The molecule has 1 aliphatic heterocycles. The van der Waals surface area contributed by atoms with E-state index in [0.29, 0.717) is 24.0 Å². The Hall–Kier alpha value is -2.73. The zero-order chi connectivity index (χ0) is 20.6. The van der Waals surface area contributed by atoms with E-state index in [1.807, 2.05) is 36.4 Å². The molecule has 1 fully saturated rings. The molecule has 0 aromatic heterocycles. The van der Waals surface area contributed by atoms with Gasteiger partial charge in [-0.25, -0.2) is 0 Å². The van der Waals surface area contributed by atoms with Crippen molar-refractivity contribution in [1.82, 2.24) is 5.32 Å². The second-order valence-electron chi connectivity index (χ2n) is 6.85. The molecule has 1 aliphatic rings. The topological polar surface area (TPSA) is 64.6 Å². The van der Waals surface area contributed by atoms with E-state index in [1.54, 1.807) is 6.08 Å². The molecule has 1 heterocycles. The molecule has 5 nitrogen and oxygen atoms in total. The second kappa shape index (κ2) is 10.2. The van der Waals surface area contributed by atoms with Crippen LogP contribution in [0.1, 0.15) is 43.7 Å². The molecule has 29 heavy (non-hydrogen) atoms. The average Bonchev–Trinajstić information content (AvgIpc) is 3.05. The molecular weight excluding hydrogens is 386 g/mol. The lowest BCUT2D eigenvalue weighted by Gasteiger charge is -2.11. The van der Waals surface area contributed by atoms with Crippen LogP contribution in [0.3, 0.4) is 0 Å². The number of nitrogens with one attached hydrogen (secondary N) is 1. The van der Waals surface area contributed by atoms with Crippen molar-refractivity contribution in [2.45, 2.75) is 32.6 Å². The number of ether oxygens (including phenoxy) is 2. The SMILES string of the molecule is CCC(C)c1ccc(OCCCOc2ccc(/C=C3\SC(=O)NC3=O)cc2)cc1. The smallest absolute Gasteiger partial charge is 0.290 e. The summed E-state index contributed by atoms with van der Waals surface area (Å²) < 4.78 is 11.5. The van der Waals surface area contributed by atoms with Gasteiger partial charge in [0.1, 0.15) is 11.5 Å². The summed E-state index contributed by atoms with van der Waals surface area (Å²) >= 11 is 0.910. The van der Waals surface area contributed by atoms with E-state index < -0.39 is 0 Å². The van der Waals surface area contributed by atoms with Gasteiger partial charge in [-0.1, -0.05) is 38.1 Å². The summed E-state index contributed by atoms with van der Waals surface area (Å²) in [5.41, 5.74) is 2.18. The van der Waals surface area contributed by atoms with Crippen LogP contribution < -0.4 is 14.8 Å². The molecule has 2 aromatic rings. The summed E-state index contributed by atoms with van der Waals surface area (Å²) in [4.78, 5) is 23.1. The number of imide groups is 1. The summed E-state index contributed by atoms with van der Waals surface area (Å²) in [5, 5.41) is 1.90. The quantitative estimate of drug-likeness (QED) is 0.444. The Kier molecular flexibility index (Phi) is 7.36. The first kappa shape index (κ1) is 21.0. The Labute approximate surface area is 175 Å². The van der Waals surface area contributed by atoms with Crippen LogP contribution in [0.2, 0.25) is 0 Å². The van der Waals surface area contributed by atoms with Gasteiger partial charge in [-0.05, 0) is 65.6 Å². The summed E-state index contributed by atoms with van der Waals surface area (Å²) in [6.45, 7) is 5.56. The first-order valence-electron chi connectivity index (χ1n) is 9.75. The van der Waals surface area contributed by atoms with Crippen LogP contribution in [0.25, 0.3) is 6.08 Å². The molecule has 2 aromatic carbocycles. The molecule has 0 aliphatic carbocycles. The van der Waals surface area contributed by atoms with E-state index in [-0.39, 0.29) is 11.1 Å². The summed E-state index contributed by atoms with van der Waals surface area (Å²) in [5.74, 6) is 1.85. The predicted octanol–water partition coefficient (Wildman–Crippen LogP) is 5.37. The normalized spacial score (nSPS) is 16.0. The van der Waals surface area contributed by atoms with E-state index in [9.17, 15) is 9.59 Å². The molecular formula is C23H25NO4S. The van der Waals surface area contributed by atoms with Gasteiger partial charge in [0.05, 0.1) is 18.1 Å². The Morgan fingerprint density at radius 3 is 2.07 bits per heavy atom. The van der Waals surface area contributed by atoms with Crippen molar-refractivity contribution >= 4 is 29.0 Å². The third kappa shape index (κ3) is 6.12. The fraction of sp³-hybridized carbons (Fsp3) is 0.304. The van der Waals surface area contributed by atoms with Gasteiger partial charge < -0.3 is 9.47 Å². The van der Waals surface area contributed by atoms with Crippen molar-refractivity contribution in [3.05, 3.63) is 64.6 Å². The molecule has 3 rings (SSSR count). The van der Waals surface area contributed by atoms with Crippen LogP contribution in [0.5, 0.6) is 11.5 Å². The van der Waals surface area contributed by atoms with Crippen LogP contribution >= 0.6 is 11.8 Å². The molecule has 0 saturated carbocycles. The first-order valence-corrected chi connectivity index (χ1v) is 10.6. The van der Waals surface area contributed by atoms with Crippen LogP contribution in [-0.4, -0.2) is 24.4 Å². The third-order valence-corrected chi connectivity index (χ3v) is 5.52. The van der Waals surface area contributed by atoms with Crippen LogP contribution in [0.15, 0.2) is 53.4 Å². The number of carbonyl (C=O) groups is 2. The lowest BCUT2D eigenvalue weighted by molar-refractivity contribution is -0.115. The highest BCUT2D eigenvalue weighted by molar-refractivity contribution is 8.18. The second-order valence-corrected chi connectivity index (χ2v) is 7.86. The molecule has 2 amide bonds. The van der Waals surface area contributed by atoms with E-state index in [0.717, 1.165) is 41.7 Å². The molecule has 1 N–H and O–H groups in total. The number of thioether (sulfide) groups is 1. The maximum Gasteiger partial charge on any atom is 0.290 e. The van der Waals surface area contributed by atoms with Crippen molar-refractivity contribution < 1.29 is 19.1 Å². The van der Waals surface area contributed by atoms with Gasteiger partial charge in [-0.2, -0.15) is 0 Å². The molecule has 1 unspecified atom stereocenters. The van der Waals surface area contributed by atoms with Crippen LogP contribution in [0.4, 0.5) is 4.79 Å². The Morgan fingerprint density at radius 2 is 1.55 bits per heavy atom. The predicted molar refractivity (Wildman–Crippen MR) is 116 cm³/mol. The fourth-order valence-electron chi connectivity index (χ4n) is 2.80. The Bertz CT molecular complexity index is 875. The van der Waals surface area contributed by atoms with E-state index >= 15 is 0 Å². The Morgan fingerprint density at radius 1 is 0.966 bits per heavy atom. The van der Waals surface area contributed by atoms with Crippen molar-refractivity contribution in [3.63, 3.8) is 0 Å². The monoisotopic (exact) mass is 411 g/mol. The first-order chi connectivity index (χ1) is 14.0. The zero-order valence-corrected chi connectivity index (χ0v) is 17.5. The van der Waals surface area contributed by atoms with Gasteiger partial charge in [0.25, 0.3) is 11.1 Å². The minimum absolute atomic E-state index is 0.338. The Balaban J connectivity index is 1.39. The van der Waals surface area contributed by atoms with Crippen molar-refractivity contribution in [3.8, 4) is 11.5 Å². The highest BCUT2D eigenvalue weighted by Crippen LogP contribution is 2.26. The summed E-state index contributed by atoms with van der Waals surface area (Å²) in [6.07, 6.45) is 3.59. The van der Waals surface area contributed by atoms with Crippen LogP contribution in [0, 0.1) is 0 Å². The van der Waals surface area contributed by atoms with Gasteiger partial charge in [-0.3, -0.25) is 14.9 Å². The van der Waals surface area contributed by atoms with E-state index in [4.69, 9.17) is 9.47 Å². The van der Waals surface area contributed by atoms with Crippen molar-refractivity contribution in [1.29, 1.82) is 0 Å². The fourth-order valence-corrected chi connectivity index (χ4v) is 3.48. The highest BCUT2D eigenvalue weighted by atomic mass is 32.2. The number of rotatable bonds is 9. The molecule has 1 atom stereocenters. The molecule has 0 spiro atoms. The maximum atomic E-state index is 11.6. The van der Waals surface area contributed by atoms with E-state index in [1.165, 1.54) is 5.56 Å². The maximum absolute atomic E-state index is 11.6. The number of hydrogen-bond donors (Lipinski definition) is 1. The standard InChI is InChI=1S/C23H25NO4S/c1-3-16(2)18-7-11-20(12-8-18)28-14-4-13-27-19-9-5-17(6-10-19)15-21-22(25)24-23(26)29-21/h5-12,15-16H,3-4,13-14H2,1-2H3,(H,24,25,26)/b21-15-. The minimum atomic E-state index is -0.352. The van der Waals surface area contributed by atoms with Gasteiger partial charge in [0, 0.05) is 6.42 Å². The largest absolute Gasteiger partial charge is 0.493 e. The molecule has 0 radical (unpaired) electrons. The number of carbonyl (C=O) groups excluding carboxylic acids is 2. The third-order valence-electron chi connectivity index (χ3n) is 4.71. The number of benzene rings is 2. The van der Waals surface area contributed by atoms with Gasteiger partial charge in [0.2, 0.25) is 0 Å². The highest BCUT2D eigenvalue weighted by Gasteiger charge is 2.24. The molecule has 6 heteroatoms. The minimum Gasteiger partial charge on any atom is -0.493 e. The lowest BCUT2D eigenvalue weighted by atomic mass is 9.99. The lowest BCUT2D eigenvalue weighted by Crippen LogP contribution is -2.17.